The number of carbonyl (C=O) groups is 1. The molecule has 1 aromatic carbocycles. The van der Waals surface area contributed by atoms with Crippen molar-refractivity contribution in [2.24, 2.45) is 8.73 Å². The minimum absolute atomic E-state index is 0.127. The van der Waals surface area contributed by atoms with Crippen molar-refractivity contribution >= 4 is 34.3 Å². The molecule has 106 valence electrons. The lowest BCUT2D eigenvalue weighted by molar-refractivity contribution is -0.117. The number of benzene rings is 1. The summed E-state index contributed by atoms with van der Waals surface area (Å²) < 4.78 is 8.26. The normalized spacial score (nSPS) is 24.5. The molecule has 1 saturated heterocycles. The summed E-state index contributed by atoms with van der Waals surface area (Å²) in [6.07, 6.45) is -1.57. The minimum atomic E-state index is -0.783. The molecule has 20 heavy (non-hydrogen) atoms. The summed E-state index contributed by atoms with van der Waals surface area (Å²) in [5.74, 6) is -0.202. The minimum Gasteiger partial charge on any atom is -0.389 e. The fourth-order valence-corrected chi connectivity index (χ4v) is 2.83. The lowest BCUT2D eigenvalue weighted by Gasteiger charge is -2.14. The van der Waals surface area contributed by atoms with Gasteiger partial charge in [-0.15, -0.1) is 0 Å². The van der Waals surface area contributed by atoms with Crippen molar-refractivity contribution in [3.05, 3.63) is 18.2 Å². The Labute approximate surface area is 119 Å². The van der Waals surface area contributed by atoms with Gasteiger partial charge in [-0.05, 0) is 12.1 Å². The Hall–Kier alpha value is -1.61. The van der Waals surface area contributed by atoms with Crippen LogP contribution in [0, 0.1) is 0 Å². The van der Waals surface area contributed by atoms with Crippen LogP contribution in [0.1, 0.15) is 0 Å². The van der Waals surface area contributed by atoms with Crippen molar-refractivity contribution in [2.45, 2.75) is 12.2 Å². The number of carbonyl (C=O) groups excluding carboxylic acids is 1. The lowest BCUT2D eigenvalue weighted by atomic mass is 10.2. The predicted octanol–water partition coefficient (Wildman–Crippen LogP) is 0.389. The van der Waals surface area contributed by atoms with Crippen molar-refractivity contribution in [3.8, 4) is 0 Å². The third-order valence-electron chi connectivity index (χ3n) is 3.26. The maximum atomic E-state index is 12.0. The summed E-state index contributed by atoms with van der Waals surface area (Å²) in [5.41, 5.74) is 2.05. The molecule has 2 aliphatic heterocycles. The van der Waals surface area contributed by atoms with Crippen LogP contribution in [0.15, 0.2) is 26.9 Å². The molecule has 0 saturated carbocycles. The first-order valence-electron chi connectivity index (χ1n) is 6.23. The van der Waals surface area contributed by atoms with Crippen LogP contribution in [0.2, 0.25) is 0 Å². The van der Waals surface area contributed by atoms with Gasteiger partial charge in [0.2, 0.25) is 5.91 Å². The quantitative estimate of drug-likeness (QED) is 0.762. The highest BCUT2D eigenvalue weighted by atomic mass is 32.1. The molecule has 0 unspecified atom stereocenters. The van der Waals surface area contributed by atoms with Gasteiger partial charge in [-0.3, -0.25) is 9.69 Å². The predicted molar refractivity (Wildman–Crippen MR) is 75.1 cm³/mol. The average molecular weight is 294 g/mol. The van der Waals surface area contributed by atoms with E-state index >= 15 is 0 Å². The summed E-state index contributed by atoms with van der Waals surface area (Å²) in [4.78, 5) is 13.7. The van der Waals surface area contributed by atoms with Gasteiger partial charge in [-0.25, -0.2) is 0 Å². The summed E-state index contributed by atoms with van der Waals surface area (Å²) in [6.45, 7) is 0.732. The Kier molecular flexibility index (Phi) is 3.62. The number of nitrogens with zero attached hydrogens (tertiary/aromatic N) is 3. The molecule has 7 nitrogen and oxygen atoms in total. The molecule has 1 amide bonds. The lowest BCUT2D eigenvalue weighted by Crippen LogP contribution is -2.32. The fraction of sp³-hybridized carbons (Fsp3) is 0.417. The molecule has 0 aliphatic carbocycles. The van der Waals surface area contributed by atoms with E-state index in [-0.39, 0.29) is 12.5 Å². The Bertz CT molecular complexity index is 605. The number of hydrogen-bond acceptors (Lipinski definition) is 6. The first-order valence-corrected chi connectivity index (χ1v) is 6.96. The van der Waals surface area contributed by atoms with Crippen molar-refractivity contribution in [1.29, 1.82) is 0 Å². The molecule has 3 N–H and O–H groups in total. The third-order valence-corrected chi connectivity index (χ3v) is 3.80. The van der Waals surface area contributed by atoms with Crippen molar-refractivity contribution < 1.29 is 15.0 Å². The Balaban J connectivity index is 1.63. The second-order valence-electron chi connectivity index (χ2n) is 4.81. The van der Waals surface area contributed by atoms with Crippen molar-refractivity contribution in [2.75, 3.05) is 25.0 Å². The van der Waals surface area contributed by atoms with E-state index in [1.54, 1.807) is 11.0 Å². The van der Waals surface area contributed by atoms with Crippen LogP contribution in [0.25, 0.3) is 0 Å². The van der Waals surface area contributed by atoms with Crippen LogP contribution in [0.5, 0.6) is 0 Å². The van der Waals surface area contributed by atoms with Crippen molar-refractivity contribution in [3.63, 3.8) is 0 Å². The van der Waals surface area contributed by atoms with E-state index in [1.807, 2.05) is 12.1 Å². The third kappa shape index (κ3) is 2.63. The van der Waals surface area contributed by atoms with Crippen LogP contribution < -0.4 is 5.32 Å². The highest BCUT2D eigenvalue weighted by molar-refractivity contribution is 7.58. The number of amides is 1. The van der Waals surface area contributed by atoms with E-state index in [0.717, 1.165) is 17.0 Å². The first kappa shape index (κ1) is 13.4. The van der Waals surface area contributed by atoms with Gasteiger partial charge >= 0.3 is 0 Å². The molecule has 2 heterocycles. The number of aliphatic hydroxyl groups is 2. The highest BCUT2D eigenvalue weighted by Crippen LogP contribution is 2.38. The van der Waals surface area contributed by atoms with E-state index in [0.29, 0.717) is 24.5 Å². The van der Waals surface area contributed by atoms with E-state index in [4.69, 9.17) is 0 Å². The maximum Gasteiger partial charge on any atom is 0.238 e. The zero-order chi connectivity index (χ0) is 14.1. The molecular weight excluding hydrogens is 280 g/mol. The SMILES string of the molecule is O=C(CN1C[C@@H](O)[C@@H](O)C1)Nc1cccc2c1N=S=N2. The highest BCUT2D eigenvalue weighted by Gasteiger charge is 2.30. The van der Waals surface area contributed by atoms with Gasteiger partial charge < -0.3 is 15.5 Å². The van der Waals surface area contributed by atoms with Gasteiger partial charge in [0.25, 0.3) is 0 Å². The molecule has 1 fully saturated rings. The molecule has 8 heteroatoms. The molecular formula is C12H14N4O3S. The van der Waals surface area contributed by atoms with E-state index in [9.17, 15) is 15.0 Å². The first-order chi connectivity index (χ1) is 9.63. The molecule has 2 atom stereocenters. The molecule has 3 rings (SSSR count). The molecule has 0 aromatic heterocycles. The summed E-state index contributed by atoms with van der Waals surface area (Å²) in [5, 5.41) is 21.7. The van der Waals surface area contributed by atoms with Crippen LogP contribution >= 0.6 is 0 Å². The van der Waals surface area contributed by atoms with Gasteiger partial charge in [0.05, 0.1) is 35.8 Å². The standard InChI is InChI=1S/C12H14N4O3S/c17-9-4-16(5-10(9)18)6-11(19)13-7-2-1-3-8-12(7)15-20-14-8/h1-3,9-10,17-18H,4-6H2,(H,13,19)/t9-,10+. The fourth-order valence-electron chi connectivity index (χ4n) is 2.28. The van der Waals surface area contributed by atoms with Crippen LogP contribution in [0.3, 0.4) is 0 Å². The number of hydrogen-bond donors (Lipinski definition) is 3. The summed E-state index contributed by atoms with van der Waals surface area (Å²) in [6, 6.07) is 5.42. The molecule has 2 aliphatic rings. The zero-order valence-corrected chi connectivity index (χ0v) is 11.4. The average Bonchev–Trinajstić information content (AvgIpc) is 2.98. The van der Waals surface area contributed by atoms with Crippen LogP contribution in [-0.4, -0.2) is 52.9 Å². The van der Waals surface area contributed by atoms with Gasteiger partial charge in [0.15, 0.2) is 0 Å². The van der Waals surface area contributed by atoms with Gasteiger partial charge in [0.1, 0.15) is 11.4 Å². The number of aliphatic hydroxyl groups excluding tert-OH is 2. The monoisotopic (exact) mass is 294 g/mol. The number of β-amino-alcohol motifs (C(OH)–C–C–N with tert-alkyl or cyclic N) is 2. The zero-order valence-electron chi connectivity index (χ0n) is 10.6. The van der Waals surface area contributed by atoms with Crippen LogP contribution in [-0.2, 0) is 16.1 Å². The molecule has 0 radical (unpaired) electrons. The number of anilines is 1. The van der Waals surface area contributed by atoms with Crippen molar-refractivity contribution in [1.82, 2.24) is 4.90 Å². The second kappa shape index (κ2) is 5.41. The number of rotatable bonds is 3. The Morgan fingerprint density at radius 2 is 2.10 bits per heavy atom. The largest absolute Gasteiger partial charge is 0.389 e. The topological polar surface area (TPSA) is 97.5 Å². The summed E-state index contributed by atoms with van der Waals surface area (Å²) >= 11 is 1.10. The second-order valence-corrected chi connectivity index (χ2v) is 5.34. The van der Waals surface area contributed by atoms with Gasteiger partial charge in [-0.1, -0.05) is 6.07 Å². The smallest absolute Gasteiger partial charge is 0.238 e. The van der Waals surface area contributed by atoms with E-state index in [2.05, 4.69) is 14.0 Å². The van der Waals surface area contributed by atoms with Gasteiger partial charge in [-0.2, -0.15) is 8.73 Å². The molecule has 0 spiro atoms. The Morgan fingerprint density at radius 1 is 1.35 bits per heavy atom. The van der Waals surface area contributed by atoms with Gasteiger partial charge in [0, 0.05) is 13.1 Å². The molecule has 0 bridgehead atoms. The van der Waals surface area contributed by atoms with E-state index < -0.39 is 12.2 Å². The van der Waals surface area contributed by atoms with Crippen LogP contribution in [0.4, 0.5) is 17.1 Å². The van der Waals surface area contributed by atoms with E-state index in [1.165, 1.54) is 0 Å². The number of fused-ring (bicyclic) bond motifs is 1. The maximum absolute atomic E-state index is 12.0. The number of nitrogens with one attached hydrogen (secondary N) is 1. The summed E-state index contributed by atoms with van der Waals surface area (Å²) in [7, 11) is 0. The Morgan fingerprint density at radius 3 is 2.85 bits per heavy atom. The number of likely N-dealkylation sites (tertiary alicyclic amines) is 1. The molecule has 1 aromatic rings.